The van der Waals surface area contributed by atoms with Gasteiger partial charge in [0.15, 0.2) is 0 Å². The van der Waals surface area contributed by atoms with Gasteiger partial charge in [-0.1, -0.05) is 109 Å². The summed E-state index contributed by atoms with van der Waals surface area (Å²) < 4.78 is 0. The molecule has 0 bridgehead atoms. The van der Waals surface area contributed by atoms with Crippen molar-refractivity contribution >= 4 is 89.8 Å². The first-order valence-corrected chi connectivity index (χ1v) is 12.6. The average Bonchev–Trinajstić information content (AvgIpc) is 2.94. The third kappa shape index (κ3) is 3.43. The molecule has 0 unspecified atom stereocenters. The van der Waals surface area contributed by atoms with E-state index in [4.69, 9.17) is 0 Å². The highest BCUT2D eigenvalue weighted by Gasteiger charge is 2.18. The fourth-order valence-corrected chi connectivity index (χ4v) is 5.97. The van der Waals surface area contributed by atoms with Crippen molar-refractivity contribution in [2.24, 2.45) is 0 Å². The molecule has 0 atom stereocenters. The van der Waals surface area contributed by atoms with E-state index in [9.17, 15) is 20.1 Å². The van der Waals surface area contributed by atoms with Crippen LogP contribution in [0, 0.1) is 0 Å². The summed E-state index contributed by atoms with van der Waals surface area (Å²) in [6.45, 7) is 0. The molecule has 8 aromatic rings. The van der Waals surface area contributed by atoms with Gasteiger partial charge in [0.2, 0.25) is 0 Å². The Morgan fingerprint density at radius 1 is 0.316 bits per heavy atom. The van der Waals surface area contributed by atoms with Gasteiger partial charge < -0.3 is 20.1 Å². The molecule has 6 heteroatoms. The van der Waals surface area contributed by atoms with E-state index in [-0.39, 0.29) is 0 Å². The van der Waals surface area contributed by atoms with Crippen molar-refractivity contribution in [3.63, 3.8) is 0 Å². The van der Waals surface area contributed by atoms with Gasteiger partial charge in [0, 0.05) is 0 Å². The smallest absolute Gasteiger partial charge is 0.423 e. The van der Waals surface area contributed by atoms with E-state index < -0.39 is 14.2 Å². The predicted octanol–water partition coefficient (Wildman–Crippen LogP) is 4.53. The quantitative estimate of drug-likeness (QED) is 0.211. The molecular weight excluding hydrogens is 470 g/mol. The Labute approximate surface area is 219 Å². The minimum atomic E-state index is -1.44. The number of rotatable bonds is 2. The molecular formula is C32H22B2O4. The molecule has 8 rings (SSSR count). The molecule has 4 N–H and O–H groups in total. The lowest BCUT2D eigenvalue weighted by Gasteiger charge is -2.13. The van der Waals surface area contributed by atoms with Crippen molar-refractivity contribution < 1.29 is 20.1 Å². The van der Waals surface area contributed by atoms with E-state index in [1.165, 1.54) is 32.3 Å². The number of benzene rings is 8. The summed E-state index contributed by atoms with van der Waals surface area (Å²) in [5.41, 5.74) is 1.12. The summed E-state index contributed by atoms with van der Waals surface area (Å²) in [6, 6.07) is 36.3. The molecule has 8 aromatic carbocycles. The van der Waals surface area contributed by atoms with E-state index in [1.807, 2.05) is 48.5 Å². The molecule has 0 radical (unpaired) electrons. The largest absolute Gasteiger partial charge is 0.489 e. The molecule has 0 aliphatic rings. The van der Waals surface area contributed by atoms with Crippen molar-refractivity contribution in [2.75, 3.05) is 0 Å². The summed E-state index contributed by atoms with van der Waals surface area (Å²) in [7, 11) is -2.88. The van der Waals surface area contributed by atoms with E-state index in [0.717, 1.165) is 32.3 Å². The van der Waals surface area contributed by atoms with Gasteiger partial charge in [-0.15, -0.1) is 0 Å². The zero-order valence-electron chi connectivity index (χ0n) is 20.3. The van der Waals surface area contributed by atoms with Crippen LogP contribution in [-0.4, -0.2) is 34.3 Å². The maximum absolute atomic E-state index is 9.51. The normalized spacial score (nSPS) is 11.7. The summed E-state index contributed by atoms with van der Waals surface area (Å²) in [5, 5.41) is 51.5. The Morgan fingerprint density at radius 3 is 0.947 bits per heavy atom. The Bertz CT molecular complexity index is 1920. The minimum absolute atomic E-state index is 0.561. The fourth-order valence-electron chi connectivity index (χ4n) is 5.97. The first kappa shape index (κ1) is 23.0. The fraction of sp³-hybridized carbons (Fsp3) is 0. The predicted molar refractivity (Wildman–Crippen MR) is 160 cm³/mol. The first-order chi connectivity index (χ1) is 18.5. The van der Waals surface area contributed by atoms with Crippen LogP contribution in [0.1, 0.15) is 0 Å². The van der Waals surface area contributed by atoms with Crippen molar-refractivity contribution in [3.05, 3.63) is 109 Å². The average molecular weight is 492 g/mol. The second-order valence-corrected chi connectivity index (χ2v) is 9.77. The van der Waals surface area contributed by atoms with Crippen molar-refractivity contribution in [2.45, 2.75) is 0 Å². The molecule has 38 heavy (non-hydrogen) atoms. The monoisotopic (exact) mass is 492 g/mol. The summed E-state index contributed by atoms with van der Waals surface area (Å²) >= 11 is 0. The zero-order chi connectivity index (χ0) is 26.0. The van der Waals surface area contributed by atoms with Crippen LogP contribution in [-0.2, 0) is 0 Å². The Kier molecular flexibility index (Phi) is 5.25. The van der Waals surface area contributed by atoms with Crippen molar-refractivity contribution in [1.82, 2.24) is 0 Å². The summed E-state index contributed by atoms with van der Waals surface area (Å²) in [6.07, 6.45) is 0. The lowest BCUT2D eigenvalue weighted by molar-refractivity contribution is 0.425. The lowest BCUT2D eigenvalue weighted by Crippen LogP contribution is -2.30. The third-order valence-corrected chi connectivity index (χ3v) is 7.68. The van der Waals surface area contributed by atoms with E-state index in [0.29, 0.717) is 10.9 Å². The van der Waals surface area contributed by atoms with Crippen molar-refractivity contribution in [1.29, 1.82) is 0 Å². The SMILES string of the molecule is OB(O)c1ccc2ccc3cccc4ccc1c2c34.OB(O)c1ccc2ccc3cccc4ccc1c2c34. The molecule has 0 heterocycles. The van der Waals surface area contributed by atoms with E-state index in [1.54, 1.807) is 12.1 Å². The van der Waals surface area contributed by atoms with Crippen LogP contribution in [0.4, 0.5) is 0 Å². The molecule has 0 amide bonds. The Morgan fingerprint density at radius 2 is 0.605 bits per heavy atom. The molecule has 0 aliphatic carbocycles. The number of hydrogen-bond acceptors (Lipinski definition) is 4. The maximum atomic E-state index is 9.51. The number of hydrogen-bond donors (Lipinski definition) is 4. The van der Waals surface area contributed by atoms with Crippen LogP contribution >= 0.6 is 0 Å². The Balaban J connectivity index is 0.000000127. The van der Waals surface area contributed by atoms with Gasteiger partial charge >= 0.3 is 14.2 Å². The molecule has 0 saturated heterocycles. The summed E-state index contributed by atoms with van der Waals surface area (Å²) in [5.74, 6) is 0. The second-order valence-electron chi connectivity index (χ2n) is 9.77. The highest BCUT2D eigenvalue weighted by Crippen LogP contribution is 2.34. The Hall–Kier alpha value is -4.19. The van der Waals surface area contributed by atoms with Gasteiger partial charge in [0.05, 0.1) is 0 Å². The van der Waals surface area contributed by atoms with Crippen LogP contribution in [0.5, 0.6) is 0 Å². The van der Waals surface area contributed by atoms with Crippen molar-refractivity contribution in [3.8, 4) is 0 Å². The molecule has 4 nitrogen and oxygen atoms in total. The van der Waals surface area contributed by atoms with Crippen LogP contribution in [0.3, 0.4) is 0 Å². The van der Waals surface area contributed by atoms with Crippen LogP contribution in [0.2, 0.25) is 0 Å². The van der Waals surface area contributed by atoms with Gasteiger partial charge in [-0.2, -0.15) is 0 Å². The van der Waals surface area contributed by atoms with Crippen LogP contribution < -0.4 is 10.9 Å². The molecule has 0 saturated carbocycles. The second kappa shape index (κ2) is 8.69. The maximum Gasteiger partial charge on any atom is 0.489 e. The highest BCUT2D eigenvalue weighted by atomic mass is 16.4. The summed E-state index contributed by atoms with van der Waals surface area (Å²) in [4.78, 5) is 0. The van der Waals surface area contributed by atoms with E-state index in [2.05, 4.69) is 48.5 Å². The van der Waals surface area contributed by atoms with Crippen LogP contribution in [0.25, 0.3) is 64.6 Å². The van der Waals surface area contributed by atoms with Gasteiger partial charge in [-0.05, 0) is 75.6 Å². The lowest BCUT2D eigenvalue weighted by atomic mass is 9.75. The molecule has 0 fully saturated rings. The first-order valence-electron chi connectivity index (χ1n) is 12.6. The molecule has 0 aromatic heterocycles. The standard InChI is InChI=1S/2C16H11BO2/c2*18-17(19)14-9-7-12-5-4-10-2-1-3-11-6-8-13(14)16(12)15(10)11/h2*1-9,18-19H. The zero-order valence-corrected chi connectivity index (χ0v) is 20.3. The molecule has 0 aliphatic heterocycles. The third-order valence-electron chi connectivity index (χ3n) is 7.68. The van der Waals surface area contributed by atoms with E-state index >= 15 is 0 Å². The van der Waals surface area contributed by atoms with Crippen LogP contribution in [0.15, 0.2) is 109 Å². The minimum Gasteiger partial charge on any atom is -0.423 e. The van der Waals surface area contributed by atoms with Gasteiger partial charge in [0.1, 0.15) is 0 Å². The van der Waals surface area contributed by atoms with Gasteiger partial charge in [-0.25, -0.2) is 0 Å². The van der Waals surface area contributed by atoms with Gasteiger partial charge in [-0.3, -0.25) is 0 Å². The molecule has 0 spiro atoms. The highest BCUT2D eigenvalue weighted by molar-refractivity contribution is 6.63. The van der Waals surface area contributed by atoms with Gasteiger partial charge in [0.25, 0.3) is 0 Å². The molecule has 180 valence electrons. The topological polar surface area (TPSA) is 80.9 Å².